The second-order valence-electron chi connectivity index (χ2n) is 4.15. The molecule has 2 rings (SSSR count). The second kappa shape index (κ2) is 6.65. The number of benzene rings is 2. The molecule has 2 aromatic carbocycles. The molecule has 3 heteroatoms. The number of carbonyl (C=O) groups excluding carboxylic acids is 1. The zero-order chi connectivity index (χ0) is 13.0. The molecule has 1 nitrogen and oxygen atoms in total. The van der Waals surface area contributed by atoms with E-state index >= 15 is 0 Å². The average molecular weight is 462 g/mol. The van der Waals surface area contributed by atoms with E-state index < -0.39 is 0 Å². The normalized spacial score (nSPS) is 10.3. The summed E-state index contributed by atoms with van der Waals surface area (Å²) in [5.41, 5.74) is 2.18. The van der Waals surface area contributed by atoms with Crippen LogP contribution in [0, 0.1) is 7.14 Å². The number of halogens is 2. The Bertz CT molecular complexity index is 480. The van der Waals surface area contributed by atoms with E-state index in [4.69, 9.17) is 0 Å². The van der Waals surface area contributed by atoms with E-state index in [2.05, 4.69) is 45.2 Å². The van der Waals surface area contributed by atoms with Crippen LogP contribution in [0.4, 0.5) is 0 Å². The lowest BCUT2D eigenvalue weighted by Crippen LogP contribution is -2.06. The zero-order valence-corrected chi connectivity index (χ0v) is 14.0. The van der Waals surface area contributed by atoms with E-state index in [0.29, 0.717) is 12.8 Å². The van der Waals surface area contributed by atoms with Crippen LogP contribution in [0.3, 0.4) is 0 Å². The molecule has 0 aliphatic carbocycles. The van der Waals surface area contributed by atoms with Crippen LogP contribution in [0.15, 0.2) is 48.5 Å². The van der Waals surface area contributed by atoms with Crippen molar-refractivity contribution in [2.45, 2.75) is 12.8 Å². The van der Waals surface area contributed by atoms with Gasteiger partial charge in [-0.3, -0.25) is 4.79 Å². The van der Waals surface area contributed by atoms with Gasteiger partial charge in [0.1, 0.15) is 5.78 Å². The van der Waals surface area contributed by atoms with E-state index in [-0.39, 0.29) is 5.78 Å². The second-order valence-corrected chi connectivity index (χ2v) is 6.64. The molecule has 2 aromatic rings. The van der Waals surface area contributed by atoms with Crippen LogP contribution in [-0.2, 0) is 17.6 Å². The Kier molecular flexibility index (Phi) is 5.17. The van der Waals surface area contributed by atoms with Gasteiger partial charge in [-0.2, -0.15) is 0 Å². The van der Waals surface area contributed by atoms with Crippen LogP contribution in [0.1, 0.15) is 11.1 Å². The molecule has 0 aromatic heterocycles. The van der Waals surface area contributed by atoms with Crippen molar-refractivity contribution in [2.24, 2.45) is 0 Å². The first kappa shape index (κ1) is 14.0. The highest BCUT2D eigenvalue weighted by Gasteiger charge is 2.05. The number of hydrogen-bond acceptors (Lipinski definition) is 1. The van der Waals surface area contributed by atoms with Crippen molar-refractivity contribution < 1.29 is 4.79 Å². The minimum absolute atomic E-state index is 0.261. The van der Waals surface area contributed by atoms with Crippen molar-refractivity contribution in [3.63, 3.8) is 0 Å². The van der Waals surface area contributed by atoms with Crippen LogP contribution in [-0.4, -0.2) is 5.78 Å². The van der Waals surface area contributed by atoms with Crippen LogP contribution < -0.4 is 0 Å². The average Bonchev–Trinajstić information content (AvgIpc) is 2.35. The lowest BCUT2D eigenvalue weighted by atomic mass is 10.0. The maximum absolute atomic E-state index is 11.9. The van der Waals surface area contributed by atoms with E-state index in [9.17, 15) is 4.79 Å². The van der Waals surface area contributed by atoms with Crippen molar-refractivity contribution in [1.82, 2.24) is 0 Å². The molecule has 0 heterocycles. The number of rotatable bonds is 4. The molecule has 0 aliphatic heterocycles. The maximum atomic E-state index is 11.9. The van der Waals surface area contributed by atoms with Crippen molar-refractivity contribution in [3.05, 3.63) is 66.8 Å². The summed E-state index contributed by atoms with van der Waals surface area (Å²) in [6, 6.07) is 16.2. The molecule has 0 saturated carbocycles. The molecule has 0 unspecified atom stereocenters. The minimum atomic E-state index is 0.261. The standard InChI is InChI=1S/C15H12I2O/c16-13-5-1-11(2-6-13)9-15(18)10-12-3-7-14(17)8-4-12/h1-8H,9-10H2. The molecule has 0 aliphatic rings. The fourth-order valence-electron chi connectivity index (χ4n) is 1.72. The lowest BCUT2D eigenvalue weighted by Gasteiger charge is -2.02. The van der Waals surface area contributed by atoms with Gasteiger partial charge in [-0.15, -0.1) is 0 Å². The third kappa shape index (κ3) is 4.35. The highest BCUT2D eigenvalue weighted by molar-refractivity contribution is 14.1. The maximum Gasteiger partial charge on any atom is 0.141 e. The summed E-state index contributed by atoms with van der Waals surface area (Å²) in [6.07, 6.45) is 1.03. The molecule has 0 N–H and O–H groups in total. The van der Waals surface area contributed by atoms with Crippen LogP contribution >= 0.6 is 45.2 Å². The van der Waals surface area contributed by atoms with Crippen molar-refractivity contribution in [3.8, 4) is 0 Å². The minimum Gasteiger partial charge on any atom is -0.299 e. The summed E-state index contributed by atoms with van der Waals surface area (Å²) < 4.78 is 2.39. The molecule has 0 atom stereocenters. The summed E-state index contributed by atoms with van der Waals surface area (Å²) in [4.78, 5) is 11.9. The van der Waals surface area contributed by atoms with E-state index in [1.807, 2.05) is 48.5 Å². The van der Waals surface area contributed by atoms with Crippen molar-refractivity contribution in [2.75, 3.05) is 0 Å². The van der Waals surface area contributed by atoms with Gasteiger partial charge in [0.2, 0.25) is 0 Å². The summed E-state index contributed by atoms with van der Waals surface area (Å²) >= 11 is 4.53. The Morgan fingerprint density at radius 2 is 1.06 bits per heavy atom. The van der Waals surface area contributed by atoms with Gasteiger partial charge >= 0.3 is 0 Å². The smallest absolute Gasteiger partial charge is 0.141 e. The van der Waals surface area contributed by atoms with Crippen LogP contribution in [0.2, 0.25) is 0 Å². The van der Waals surface area contributed by atoms with Gasteiger partial charge in [0.15, 0.2) is 0 Å². The molecule has 0 spiro atoms. The summed E-state index contributed by atoms with van der Waals surface area (Å²) in [6.45, 7) is 0. The lowest BCUT2D eigenvalue weighted by molar-refractivity contribution is -0.117. The summed E-state index contributed by atoms with van der Waals surface area (Å²) in [7, 11) is 0. The molecular formula is C15H12I2O. The van der Waals surface area contributed by atoms with Gasteiger partial charge in [0.25, 0.3) is 0 Å². The topological polar surface area (TPSA) is 17.1 Å². The fourth-order valence-corrected chi connectivity index (χ4v) is 2.44. The molecule has 92 valence electrons. The largest absolute Gasteiger partial charge is 0.299 e. The third-order valence-electron chi connectivity index (χ3n) is 2.63. The fraction of sp³-hybridized carbons (Fsp3) is 0.133. The predicted octanol–water partition coefficient (Wildman–Crippen LogP) is 4.25. The molecule has 0 fully saturated rings. The highest BCUT2D eigenvalue weighted by atomic mass is 127. The quantitative estimate of drug-likeness (QED) is 0.622. The molecule has 0 bridgehead atoms. The van der Waals surface area contributed by atoms with Gasteiger partial charge in [0, 0.05) is 20.0 Å². The first-order chi connectivity index (χ1) is 8.63. The Morgan fingerprint density at radius 1 is 0.722 bits per heavy atom. The van der Waals surface area contributed by atoms with Crippen LogP contribution in [0.25, 0.3) is 0 Å². The van der Waals surface area contributed by atoms with Gasteiger partial charge in [-0.25, -0.2) is 0 Å². The summed E-state index contributed by atoms with van der Waals surface area (Å²) in [5.74, 6) is 0.261. The zero-order valence-electron chi connectivity index (χ0n) is 9.70. The Hall–Kier alpha value is -0.430. The van der Waals surface area contributed by atoms with Gasteiger partial charge < -0.3 is 0 Å². The number of hydrogen-bond donors (Lipinski definition) is 0. The Labute approximate surface area is 134 Å². The molecule has 0 saturated heterocycles. The van der Waals surface area contributed by atoms with Gasteiger partial charge in [-0.1, -0.05) is 24.3 Å². The van der Waals surface area contributed by atoms with Gasteiger partial charge in [0.05, 0.1) is 0 Å². The van der Waals surface area contributed by atoms with Crippen LogP contribution in [0.5, 0.6) is 0 Å². The predicted molar refractivity (Wildman–Crippen MR) is 90.7 cm³/mol. The number of ketones is 1. The third-order valence-corrected chi connectivity index (χ3v) is 4.07. The summed E-state index contributed by atoms with van der Waals surface area (Å²) in [5, 5.41) is 0. The molecule has 0 amide bonds. The molecule has 0 radical (unpaired) electrons. The van der Waals surface area contributed by atoms with E-state index in [0.717, 1.165) is 11.1 Å². The van der Waals surface area contributed by atoms with Gasteiger partial charge in [-0.05, 0) is 80.6 Å². The SMILES string of the molecule is O=C(Cc1ccc(I)cc1)Cc1ccc(I)cc1. The molecule has 18 heavy (non-hydrogen) atoms. The number of carbonyl (C=O) groups is 1. The Morgan fingerprint density at radius 3 is 1.39 bits per heavy atom. The van der Waals surface area contributed by atoms with E-state index in [1.165, 1.54) is 7.14 Å². The number of Topliss-reactive ketones (excluding diaryl/α,β-unsaturated/α-hetero) is 1. The monoisotopic (exact) mass is 462 g/mol. The van der Waals surface area contributed by atoms with Crippen molar-refractivity contribution in [1.29, 1.82) is 0 Å². The Balaban J connectivity index is 1.96. The first-order valence-corrected chi connectivity index (χ1v) is 7.80. The van der Waals surface area contributed by atoms with Crippen molar-refractivity contribution >= 4 is 51.0 Å². The highest BCUT2D eigenvalue weighted by Crippen LogP contribution is 2.11. The molecular weight excluding hydrogens is 450 g/mol. The first-order valence-electron chi connectivity index (χ1n) is 5.64. The van der Waals surface area contributed by atoms with E-state index in [1.54, 1.807) is 0 Å².